The van der Waals surface area contributed by atoms with Crippen molar-refractivity contribution in [1.29, 1.82) is 0 Å². The molecule has 1 atom stereocenters. The number of benzene rings is 3. The van der Waals surface area contributed by atoms with Crippen LogP contribution in [-0.2, 0) is 11.3 Å². The third kappa shape index (κ3) is 5.49. The average molecular weight is 589 g/mol. The molecule has 1 aromatic heterocycles. The predicted molar refractivity (Wildman–Crippen MR) is 164 cm³/mol. The van der Waals surface area contributed by atoms with Gasteiger partial charge in [0.1, 0.15) is 11.6 Å². The van der Waals surface area contributed by atoms with E-state index in [0.29, 0.717) is 45.6 Å². The topological polar surface area (TPSA) is 82.5 Å². The van der Waals surface area contributed by atoms with E-state index in [0.717, 1.165) is 5.69 Å². The molecule has 1 fully saturated rings. The summed E-state index contributed by atoms with van der Waals surface area (Å²) in [4.78, 5) is 28.6. The number of nitrogens with one attached hydrogen (secondary N) is 2. The van der Waals surface area contributed by atoms with Crippen molar-refractivity contribution in [3.05, 3.63) is 100 Å². The maximum absolute atomic E-state index is 14.8. The Hall–Kier alpha value is -4.21. The number of anilines is 3. The van der Waals surface area contributed by atoms with Crippen LogP contribution in [0, 0.1) is 11.6 Å². The second-order valence-electron chi connectivity index (χ2n) is 10.9. The summed E-state index contributed by atoms with van der Waals surface area (Å²) in [6.07, 6.45) is 1.65. The van der Waals surface area contributed by atoms with Crippen molar-refractivity contribution in [2.24, 2.45) is 4.99 Å². The monoisotopic (exact) mass is 588 g/mol. The van der Waals surface area contributed by atoms with Crippen LogP contribution in [0.5, 0.6) is 0 Å². The summed E-state index contributed by atoms with van der Waals surface area (Å²) in [5.74, 6) is -1.10. The van der Waals surface area contributed by atoms with Gasteiger partial charge in [-0.25, -0.2) is 18.7 Å². The lowest BCUT2D eigenvalue weighted by atomic mass is 9.95. The lowest BCUT2D eigenvalue weighted by molar-refractivity contribution is -0.122. The molecular formula is C32H31ClF2N6O. The largest absolute Gasteiger partial charge is 0.324 e. The highest BCUT2D eigenvalue weighted by Crippen LogP contribution is 2.35. The van der Waals surface area contributed by atoms with E-state index in [-0.39, 0.29) is 42.7 Å². The van der Waals surface area contributed by atoms with Crippen LogP contribution in [0.4, 0.5) is 26.1 Å². The van der Waals surface area contributed by atoms with E-state index >= 15 is 0 Å². The van der Waals surface area contributed by atoms with Crippen molar-refractivity contribution in [3.63, 3.8) is 0 Å². The minimum absolute atomic E-state index is 0. The number of amides is 1. The fraction of sp³-hybridized carbons (Fsp3) is 0.250. The first-order valence-corrected chi connectivity index (χ1v) is 13.6. The fourth-order valence-corrected chi connectivity index (χ4v) is 5.59. The average Bonchev–Trinajstić information content (AvgIpc) is 3.07. The number of carbonyl (C=O) groups is 1. The quantitative estimate of drug-likeness (QED) is 0.271. The smallest absolute Gasteiger partial charge is 0.243 e. The zero-order valence-electron chi connectivity index (χ0n) is 22.7. The Balaban J connectivity index is 0.00000353. The first kappa shape index (κ1) is 29.3. The molecule has 0 aliphatic carbocycles. The van der Waals surface area contributed by atoms with Crippen molar-refractivity contribution in [3.8, 4) is 11.3 Å². The molecule has 42 heavy (non-hydrogen) atoms. The van der Waals surface area contributed by atoms with Crippen molar-refractivity contribution < 1.29 is 13.6 Å². The van der Waals surface area contributed by atoms with Gasteiger partial charge in [-0.2, -0.15) is 0 Å². The Morgan fingerprint density at radius 3 is 2.55 bits per heavy atom. The third-order valence-corrected chi connectivity index (χ3v) is 7.41. The molecule has 3 aromatic carbocycles. The molecule has 4 aromatic rings. The van der Waals surface area contributed by atoms with Gasteiger partial charge >= 0.3 is 0 Å². The lowest BCUT2D eigenvalue weighted by Crippen LogP contribution is -2.64. The third-order valence-electron chi connectivity index (χ3n) is 7.17. The second kappa shape index (κ2) is 11.2. The van der Waals surface area contributed by atoms with Crippen LogP contribution in [0.3, 0.4) is 0 Å². The molecule has 6 rings (SSSR count). The Kier molecular flexibility index (Phi) is 7.83. The van der Waals surface area contributed by atoms with Gasteiger partial charge < -0.3 is 10.2 Å². The molecular weight excluding hydrogens is 558 g/mol. The molecule has 1 amide bonds. The predicted octanol–water partition coefficient (Wildman–Crippen LogP) is 6.91. The number of aromatic nitrogens is 2. The zero-order valence-corrected chi connectivity index (χ0v) is 23.4. The lowest BCUT2D eigenvalue weighted by Gasteiger charge is -2.42. The molecule has 0 spiro atoms. The Morgan fingerprint density at radius 1 is 1.05 bits per heavy atom. The summed E-state index contributed by atoms with van der Waals surface area (Å²) in [6, 6.07) is 16.1. The first-order chi connectivity index (χ1) is 19.6. The van der Waals surface area contributed by atoms with E-state index < -0.39 is 11.6 Å². The van der Waals surface area contributed by atoms with Crippen LogP contribution in [0.2, 0.25) is 5.02 Å². The van der Waals surface area contributed by atoms with Crippen LogP contribution < -0.4 is 15.5 Å². The van der Waals surface area contributed by atoms with E-state index in [9.17, 15) is 13.6 Å². The first-order valence-electron chi connectivity index (χ1n) is 13.2. The van der Waals surface area contributed by atoms with E-state index in [1.165, 1.54) is 18.2 Å². The number of hydrogen-bond acceptors (Lipinski definition) is 6. The molecule has 10 heteroatoms. The molecule has 7 nitrogen and oxygen atoms in total. The van der Waals surface area contributed by atoms with E-state index in [1.807, 2.05) is 31.2 Å². The molecule has 0 saturated carbocycles. The van der Waals surface area contributed by atoms with Crippen LogP contribution in [0.1, 0.15) is 44.9 Å². The number of carbonyl (C=O) groups excluding carboxylic acids is 1. The summed E-state index contributed by atoms with van der Waals surface area (Å²) in [5.41, 5.74) is 3.56. The number of rotatable bonds is 4. The summed E-state index contributed by atoms with van der Waals surface area (Å²) in [6.45, 7) is 6.64. The molecule has 1 saturated heterocycles. The van der Waals surface area contributed by atoms with Crippen LogP contribution in [-0.4, -0.2) is 39.7 Å². The summed E-state index contributed by atoms with van der Waals surface area (Å²) < 4.78 is 29.7. The van der Waals surface area contributed by atoms with Crippen LogP contribution in [0.25, 0.3) is 11.3 Å². The molecule has 0 radical (unpaired) electrons. The summed E-state index contributed by atoms with van der Waals surface area (Å²) in [5, 5.41) is 6.99. The van der Waals surface area contributed by atoms with Crippen LogP contribution >= 0.6 is 11.6 Å². The maximum atomic E-state index is 14.8. The van der Waals surface area contributed by atoms with E-state index in [4.69, 9.17) is 16.6 Å². The summed E-state index contributed by atoms with van der Waals surface area (Å²) in [7, 11) is 0. The van der Waals surface area contributed by atoms with Crippen molar-refractivity contribution in [2.75, 3.05) is 16.8 Å². The van der Waals surface area contributed by atoms with E-state index in [2.05, 4.69) is 34.5 Å². The van der Waals surface area contributed by atoms with Gasteiger partial charge in [0.05, 0.1) is 29.6 Å². The number of halogens is 3. The zero-order chi connectivity index (χ0) is 28.9. The minimum Gasteiger partial charge on any atom is -0.324 e. The highest BCUT2D eigenvalue weighted by atomic mass is 35.5. The van der Waals surface area contributed by atoms with Crippen LogP contribution in [0.15, 0.2) is 71.9 Å². The standard InChI is InChI=1S/C31H27ClF2N6O.CH4/c1-17-29(41)40(16-31(2,3)39-17)21-7-4-6-20(13-21)37-30-36-15-18-14-35-28(26-24(33)8-5-9-25(26)34)23-12-19(32)10-11-22(23)27(18)38-30;/h4-13,15,17,39H,14,16H2,1-3H3,(H,36,37,38);1H4. The van der Waals surface area contributed by atoms with Gasteiger partial charge in [0.2, 0.25) is 11.9 Å². The Bertz CT molecular complexity index is 1700. The normalized spacial score (nSPS) is 17.4. The van der Waals surface area contributed by atoms with Gasteiger partial charge in [-0.05, 0) is 63.2 Å². The molecule has 2 aliphatic rings. The number of aliphatic imine (C=N–C) groups is 1. The number of piperazine rings is 1. The van der Waals surface area contributed by atoms with Crippen molar-refractivity contribution >= 4 is 40.5 Å². The molecule has 216 valence electrons. The van der Waals surface area contributed by atoms with Gasteiger partial charge in [0.15, 0.2) is 0 Å². The Labute approximate surface area is 248 Å². The molecule has 1 unspecified atom stereocenters. The number of fused-ring (bicyclic) bond motifs is 3. The number of hydrogen-bond donors (Lipinski definition) is 2. The van der Waals surface area contributed by atoms with Gasteiger partial charge in [0.25, 0.3) is 0 Å². The number of nitrogens with zero attached hydrogens (tertiary/aromatic N) is 4. The Morgan fingerprint density at radius 2 is 1.79 bits per heavy atom. The van der Waals surface area contributed by atoms with E-state index in [1.54, 1.807) is 29.3 Å². The van der Waals surface area contributed by atoms with Crippen molar-refractivity contribution in [1.82, 2.24) is 15.3 Å². The fourth-order valence-electron chi connectivity index (χ4n) is 5.42. The molecule has 0 bridgehead atoms. The van der Waals surface area contributed by atoms with Gasteiger partial charge in [-0.3, -0.25) is 15.1 Å². The van der Waals surface area contributed by atoms with Crippen molar-refractivity contribution in [2.45, 2.75) is 46.3 Å². The second-order valence-corrected chi connectivity index (χ2v) is 11.3. The molecule has 2 aliphatic heterocycles. The summed E-state index contributed by atoms with van der Waals surface area (Å²) >= 11 is 6.32. The minimum atomic E-state index is -0.713. The maximum Gasteiger partial charge on any atom is 0.243 e. The van der Waals surface area contributed by atoms with Gasteiger partial charge in [-0.15, -0.1) is 0 Å². The van der Waals surface area contributed by atoms with Gasteiger partial charge in [-0.1, -0.05) is 37.2 Å². The molecule has 3 heterocycles. The van der Waals surface area contributed by atoms with Gasteiger partial charge in [0, 0.05) is 51.4 Å². The SMILES string of the molecule is C.CC1NC(C)(C)CN(c2cccc(Nc3ncc4c(n3)-c3ccc(Cl)cc3C(c3c(F)cccc3F)=NC4)c2)C1=O. The highest BCUT2D eigenvalue weighted by molar-refractivity contribution is 6.31. The highest BCUT2D eigenvalue weighted by Gasteiger charge is 2.36. The molecule has 2 N–H and O–H groups in total.